The first-order chi connectivity index (χ1) is 14.3. The Labute approximate surface area is 182 Å². The largest absolute Gasteiger partial charge is 0.417 e. The highest BCUT2D eigenvalue weighted by Gasteiger charge is 2.36. The maximum atomic E-state index is 13.7. The number of aromatic nitrogens is 1. The molecule has 6 nitrogen and oxygen atoms in total. The fourth-order valence-corrected chi connectivity index (χ4v) is 5.02. The summed E-state index contributed by atoms with van der Waals surface area (Å²) in [5, 5.41) is 12.1. The Bertz CT molecular complexity index is 1110. The van der Waals surface area contributed by atoms with Gasteiger partial charge in [0.1, 0.15) is 9.71 Å². The van der Waals surface area contributed by atoms with Gasteiger partial charge in [0.2, 0.25) is 0 Å². The second-order valence-electron chi connectivity index (χ2n) is 5.84. The SMILES string of the molecule is C=N/N=C(/CC)SCNC(=O)c1sc2nc(-c3cccs3)cc(C(F)(F)F)c2c1N. The van der Waals surface area contributed by atoms with Crippen LogP contribution in [0.5, 0.6) is 0 Å². The van der Waals surface area contributed by atoms with Gasteiger partial charge < -0.3 is 11.1 Å². The van der Waals surface area contributed by atoms with Crippen LogP contribution in [-0.4, -0.2) is 28.5 Å². The Hall–Kier alpha value is -2.44. The lowest BCUT2D eigenvalue weighted by Gasteiger charge is -2.10. The molecule has 3 rings (SSSR count). The molecule has 1 amide bonds. The van der Waals surface area contributed by atoms with Crippen LogP contribution < -0.4 is 11.1 Å². The number of hydrogen-bond donors (Lipinski definition) is 2. The van der Waals surface area contributed by atoms with E-state index < -0.39 is 17.6 Å². The molecule has 0 aliphatic carbocycles. The summed E-state index contributed by atoms with van der Waals surface area (Å²) >= 11 is 3.36. The molecule has 158 valence electrons. The molecule has 0 unspecified atom stereocenters. The van der Waals surface area contributed by atoms with Gasteiger partial charge in [-0.2, -0.15) is 18.3 Å². The van der Waals surface area contributed by atoms with E-state index in [1.807, 2.05) is 6.92 Å². The highest BCUT2D eigenvalue weighted by atomic mass is 32.2. The summed E-state index contributed by atoms with van der Waals surface area (Å²) < 4.78 is 41.2. The molecule has 0 radical (unpaired) electrons. The Morgan fingerprint density at radius 3 is 2.80 bits per heavy atom. The number of nitrogens with two attached hydrogens (primary N) is 1. The number of nitrogen functional groups attached to an aromatic ring is 1. The van der Waals surface area contributed by atoms with Crippen LogP contribution in [0.1, 0.15) is 28.6 Å². The van der Waals surface area contributed by atoms with Crippen molar-refractivity contribution < 1.29 is 18.0 Å². The number of thiophene rings is 2. The summed E-state index contributed by atoms with van der Waals surface area (Å²) in [7, 11) is 0. The molecule has 0 saturated carbocycles. The van der Waals surface area contributed by atoms with Crippen molar-refractivity contribution >= 4 is 68.0 Å². The molecule has 0 atom stereocenters. The smallest absolute Gasteiger partial charge is 0.397 e. The lowest BCUT2D eigenvalue weighted by molar-refractivity contribution is -0.136. The number of rotatable bonds is 6. The van der Waals surface area contributed by atoms with Crippen molar-refractivity contribution in [1.29, 1.82) is 0 Å². The van der Waals surface area contributed by atoms with Gasteiger partial charge in [0.25, 0.3) is 5.91 Å². The first-order valence-corrected chi connectivity index (χ1v) is 11.2. The molecule has 0 aromatic carbocycles. The number of fused-ring (bicyclic) bond motifs is 1. The first-order valence-electron chi connectivity index (χ1n) is 8.53. The highest BCUT2D eigenvalue weighted by Crippen LogP contribution is 2.43. The molecule has 30 heavy (non-hydrogen) atoms. The number of pyridine rings is 1. The number of hydrogen-bond acceptors (Lipinski definition) is 8. The molecule has 3 aromatic rings. The fraction of sp³-hybridized carbons (Fsp3) is 0.222. The molecule has 3 aromatic heterocycles. The first kappa shape index (κ1) is 22.2. The van der Waals surface area contributed by atoms with E-state index in [1.54, 1.807) is 17.5 Å². The van der Waals surface area contributed by atoms with E-state index in [-0.39, 0.29) is 32.4 Å². The summed E-state index contributed by atoms with van der Waals surface area (Å²) in [6.07, 6.45) is -4.04. The van der Waals surface area contributed by atoms with Crippen LogP contribution in [0, 0.1) is 0 Å². The number of carbonyl (C=O) groups excluding carboxylic acids is 1. The van der Waals surface area contributed by atoms with Crippen molar-refractivity contribution in [1.82, 2.24) is 10.3 Å². The molecule has 12 heteroatoms. The normalized spacial score (nSPS) is 12.3. The molecular weight excluding hydrogens is 455 g/mol. The minimum Gasteiger partial charge on any atom is -0.397 e. The van der Waals surface area contributed by atoms with Gasteiger partial charge in [-0.3, -0.25) is 4.79 Å². The van der Waals surface area contributed by atoms with E-state index in [2.05, 4.69) is 27.2 Å². The number of halogens is 3. The minimum absolute atomic E-state index is 0.0104. The average molecular weight is 472 g/mol. The van der Waals surface area contributed by atoms with Crippen molar-refractivity contribution in [3.63, 3.8) is 0 Å². The standard InChI is InChI=1S/C18H16F3N5OS3/c1-3-12(26-23-2)29-8-24-16(27)15-14(22)13-9(18(19,20)21)7-10(25-17(13)30-15)11-5-4-6-28-11/h4-7H,2-3,8,22H2,1H3,(H,24,27)/b26-12-. The Morgan fingerprint density at radius 2 is 2.20 bits per heavy atom. The monoisotopic (exact) mass is 471 g/mol. The number of amides is 1. The van der Waals surface area contributed by atoms with Crippen LogP contribution in [0.2, 0.25) is 0 Å². The van der Waals surface area contributed by atoms with Gasteiger partial charge in [0, 0.05) is 12.1 Å². The van der Waals surface area contributed by atoms with Crippen LogP contribution >= 0.6 is 34.4 Å². The molecule has 0 fully saturated rings. The zero-order valence-electron chi connectivity index (χ0n) is 15.6. The van der Waals surface area contributed by atoms with Gasteiger partial charge in [0.15, 0.2) is 0 Å². The predicted molar refractivity (Wildman–Crippen MR) is 120 cm³/mol. The van der Waals surface area contributed by atoms with Crippen LogP contribution in [0.25, 0.3) is 20.8 Å². The summed E-state index contributed by atoms with van der Waals surface area (Å²) in [6, 6.07) is 4.39. The summed E-state index contributed by atoms with van der Waals surface area (Å²) in [6.45, 7) is 5.15. The molecular formula is C18H16F3N5OS3. The topological polar surface area (TPSA) is 92.7 Å². The van der Waals surface area contributed by atoms with E-state index in [1.165, 1.54) is 23.1 Å². The Kier molecular flexibility index (Phi) is 6.78. The van der Waals surface area contributed by atoms with Gasteiger partial charge in [-0.15, -0.1) is 27.8 Å². The number of nitrogens with zero attached hydrogens (tertiary/aromatic N) is 3. The number of carbonyl (C=O) groups is 1. The van der Waals surface area contributed by atoms with Crippen molar-refractivity contribution in [3.05, 3.63) is 34.0 Å². The summed E-state index contributed by atoms with van der Waals surface area (Å²) in [5.41, 5.74) is 5.02. The average Bonchev–Trinajstić information content (AvgIpc) is 3.34. The maximum Gasteiger partial charge on any atom is 0.417 e. The van der Waals surface area contributed by atoms with Crippen molar-refractivity contribution in [2.24, 2.45) is 10.2 Å². The number of thioether (sulfide) groups is 1. The van der Waals surface area contributed by atoms with Crippen LogP contribution in [0.4, 0.5) is 18.9 Å². The Balaban J connectivity index is 1.97. The third-order valence-electron chi connectivity index (χ3n) is 3.94. The zero-order chi connectivity index (χ0) is 21.9. The number of anilines is 1. The summed E-state index contributed by atoms with van der Waals surface area (Å²) in [4.78, 5) is 17.5. The van der Waals surface area contributed by atoms with Gasteiger partial charge in [-0.1, -0.05) is 24.8 Å². The van der Waals surface area contributed by atoms with Crippen molar-refractivity contribution in [3.8, 4) is 10.6 Å². The van der Waals surface area contributed by atoms with E-state index >= 15 is 0 Å². The van der Waals surface area contributed by atoms with Crippen molar-refractivity contribution in [2.75, 3.05) is 11.6 Å². The molecule has 0 bridgehead atoms. The lowest BCUT2D eigenvalue weighted by Crippen LogP contribution is -2.23. The molecule has 0 spiro atoms. The van der Waals surface area contributed by atoms with E-state index in [4.69, 9.17) is 5.73 Å². The third-order valence-corrected chi connectivity index (χ3v) is 6.92. The lowest BCUT2D eigenvalue weighted by atomic mass is 10.1. The molecule has 0 aliphatic rings. The molecule has 3 heterocycles. The maximum absolute atomic E-state index is 13.7. The third kappa shape index (κ3) is 4.65. The van der Waals surface area contributed by atoms with Crippen LogP contribution in [-0.2, 0) is 6.18 Å². The molecule has 3 N–H and O–H groups in total. The van der Waals surface area contributed by atoms with Gasteiger partial charge >= 0.3 is 6.18 Å². The number of nitrogens with one attached hydrogen (secondary N) is 1. The fourth-order valence-electron chi connectivity index (χ4n) is 2.61. The van der Waals surface area contributed by atoms with Gasteiger partial charge in [-0.25, -0.2) is 4.98 Å². The van der Waals surface area contributed by atoms with Crippen molar-refractivity contribution in [2.45, 2.75) is 19.5 Å². The zero-order valence-corrected chi connectivity index (χ0v) is 18.1. The molecule has 0 saturated heterocycles. The minimum atomic E-state index is -4.64. The van der Waals surface area contributed by atoms with Gasteiger partial charge in [0.05, 0.1) is 32.7 Å². The number of alkyl halides is 3. The second-order valence-corrected chi connectivity index (χ2v) is 8.83. The molecule has 0 aliphatic heterocycles. The summed E-state index contributed by atoms with van der Waals surface area (Å²) in [5.74, 6) is -0.412. The van der Waals surface area contributed by atoms with Crippen LogP contribution in [0.3, 0.4) is 0 Å². The predicted octanol–water partition coefficient (Wildman–Crippen LogP) is 5.47. The highest BCUT2D eigenvalue weighted by molar-refractivity contribution is 8.13. The van der Waals surface area contributed by atoms with Gasteiger partial charge in [-0.05, 0) is 23.9 Å². The van der Waals surface area contributed by atoms with E-state index in [9.17, 15) is 18.0 Å². The second kappa shape index (κ2) is 9.14. The van der Waals surface area contributed by atoms with E-state index in [0.29, 0.717) is 16.3 Å². The quantitative estimate of drug-likeness (QED) is 0.216. The van der Waals surface area contributed by atoms with Crippen LogP contribution in [0.15, 0.2) is 33.8 Å². The van der Waals surface area contributed by atoms with E-state index in [0.717, 1.165) is 17.4 Å². The Morgan fingerprint density at radius 1 is 1.43 bits per heavy atom.